The van der Waals surface area contributed by atoms with Crippen LogP contribution in [0, 0.1) is 0 Å². The molecular weight excluding hydrogens is 282 g/mol. The number of nitrogens with zero attached hydrogens (tertiary/aromatic N) is 3. The topological polar surface area (TPSA) is 49.2 Å². The molecule has 0 unspecified atom stereocenters. The Balaban J connectivity index is 1.28. The SMILES string of the molecule is O=C1OC[C@@H]2CN(C3CCN(Cc4ccco4)CC3)CCN12. The third-order valence-electron chi connectivity index (χ3n) is 5.18. The van der Waals surface area contributed by atoms with Crippen molar-refractivity contribution in [1.82, 2.24) is 14.7 Å². The van der Waals surface area contributed by atoms with Crippen molar-refractivity contribution < 1.29 is 13.9 Å². The van der Waals surface area contributed by atoms with E-state index in [9.17, 15) is 4.79 Å². The van der Waals surface area contributed by atoms with Crippen LogP contribution in [0.3, 0.4) is 0 Å². The van der Waals surface area contributed by atoms with Crippen LogP contribution >= 0.6 is 0 Å². The van der Waals surface area contributed by atoms with Gasteiger partial charge < -0.3 is 9.15 Å². The number of carbonyl (C=O) groups excluding carboxylic acids is 1. The molecule has 4 heterocycles. The molecule has 3 saturated heterocycles. The first kappa shape index (κ1) is 14.1. The maximum Gasteiger partial charge on any atom is 0.410 e. The summed E-state index contributed by atoms with van der Waals surface area (Å²) in [6.07, 6.45) is 4.01. The van der Waals surface area contributed by atoms with E-state index in [1.165, 1.54) is 12.8 Å². The van der Waals surface area contributed by atoms with E-state index in [4.69, 9.17) is 9.15 Å². The molecule has 0 radical (unpaired) electrons. The maximum absolute atomic E-state index is 11.6. The maximum atomic E-state index is 11.6. The van der Waals surface area contributed by atoms with Gasteiger partial charge in [0, 0.05) is 38.8 Å². The van der Waals surface area contributed by atoms with Crippen LogP contribution in [0.5, 0.6) is 0 Å². The van der Waals surface area contributed by atoms with Gasteiger partial charge >= 0.3 is 6.09 Å². The third-order valence-corrected chi connectivity index (χ3v) is 5.18. The summed E-state index contributed by atoms with van der Waals surface area (Å²) in [5.41, 5.74) is 0. The standard InChI is InChI=1S/C16H23N3O3/c20-16-19-8-7-18(10-14(19)12-22-16)13-3-5-17(6-4-13)11-15-2-1-9-21-15/h1-2,9,13-14H,3-8,10-12H2/t14-/m0/s1. The monoisotopic (exact) mass is 305 g/mol. The highest BCUT2D eigenvalue weighted by Gasteiger charge is 2.39. The van der Waals surface area contributed by atoms with Gasteiger partial charge in [-0.25, -0.2) is 4.79 Å². The predicted octanol–water partition coefficient (Wildman–Crippen LogP) is 1.38. The average Bonchev–Trinajstić information content (AvgIpc) is 3.18. The quantitative estimate of drug-likeness (QED) is 0.844. The number of ether oxygens (including phenoxy) is 1. The number of hydrogen-bond acceptors (Lipinski definition) is 5. The average molecular weight is 305 g/mol. The van der Waals surface area contributed by atoms with Crippen LogP contribution in [0.25, 0.3) is 0 Å². The van der Waals surface area contributed by atoms with Gasteiger partial charge in [-0.05, 0) is 25.0 Å². The van der Waals surface area contributed by atoms with Crippen LogP contribution in [-0.2, 0) is 11.3 Å². The molecule has 0 saturated carbocycles. The molecule has 22 heavy (non-hydrogen) atoms. The zero-order valence-electron chi connectivity index (χ0n) is 12.8. The van der Waals surface area contributed by atoms with Crippen molar-refractivity contribution in [1.29, 1.82) is 0 Å². The van der Waals surface area contributed by atoms with E-state index in [0.29, 0.717) is 12.6 Å². The molecule has 0 bridgehead atoms. The summed E-state index contributed by atoms with van der Waals surface area (Å²) < 4.78 is 10.6. The largest absolute Gasteiger partial charge is 0.468 e. The summed E-state index contributed by atoms with van der Waals surface area (Å²) in [5, 5.41) is 0. The Hall–Kier alpha value is -1.53. The highest BCUT2D eigenvalue weighted by Crippen LogP contribution is 2.24. The number of amides is 1. The molecule has 0 aliphatic carbocycles. The molecule has 0 aromatic carbocycles. The van der Waals surface area contributed by atoms with Crippen LogP contribution < -0.4 is 0 Å². The summed E-state index contributed by atoms with van der Waals surface area (Å²) in [5.74, 6) is 1.05. The van der Waals surface area contributed by atoms with E-state index >= 15 is 0 Å². The summed E-state index contributed by atoms with van der Waals surface area (Å²) in [6, 6.07) is 4.91. The van der Waals surface area contributed by atoms with Crippen molar-refractivity contribution in [2.24, 2.45) is 0 Å². The first-order valence-corrected chi connectivity index (χ1v) is 8.22. The second-order valence-corrected chi connectivity index (χ2v) is 6.51. The van der Waals surface area contributed by atoms with E-state index in [0.717, 1.165) is 45.0 Å². The smallest absolute Gasteiger partial charge is 0.410 e. The van der Waals surface area contributed by atoms with Crippen molar-refractivity contribution in [3.8, 4) is 0 Å². The van der Waals surface area contributed by atoms with E-state index in [1.807, 2.05) is 17.0 Å². The number of carbonyl (C=O) groups is 1. The summed E-state index contributed by atoms with van der Waals surface area (Å²) in [7, 11) is 0. The molecule has 6 nitrogen and oxygen atoms in total. The van der Waals surface area contributed by atoms with E-state index in [2.05, 4.69) is 9.80 Å². The normalized spacial score (nSPS) is 27.9. The van der Waals surface area contributed by atoms with Crippen molar-refractivity contribution in [3.05, 3.63) is 24.2 Å². The molecule has 3 aliphatic rings. The number of piperidine rings is 1. The zero-order chi connectivity index (χ0) is 14.9. The van der Waals surface area contributed by atoms with Gasteiger partial charge in [0.25, 0.3) is 0 Å². The first-order chi connectivity index (χ1) is 10.8. The van der Waals surface area contributed by atoms with Crippen molar-refractivity contribution in [2.45, 2.75) is 31.5 Å². The van der Waals surface area contributed by atoms with Gasteiger partial charge in [0.2, 0.25) is 0 Å². The molecule has 3 fully saturated rings. The van der Waals surface area contributed by atoms with E-state index in [1.54, 1.807) is 6.26 Å². The van der Waals surface area contributed by atoms with Crippen molar-refractivity contribution >= 4 is 6.09 Å². The highest BCUT2D eigenvalue weighted by atomic mass is 16.6. The minimum Gasteiger partial charge on any atom is -0.468 e. The first-order valence-electron chi connectivity index (χ1n) is 8.22. The molecule has 1 aromatic rings. The minimum atomic E-state index is -0.127. The van der Waals surface area contributed by atoms with Gasteiger partial charge in [-0.2, -0.15) is 0 Å². The molecule has 1 amide bonds. The molecule has 6 heteroatoms. The second kappa shape index (κ2) is 5.93. The fraction of sp³-hybridized carbons (Fsp3) is 0.688. The predicted molar refractivity (Wildman–Crippen MR) is 80.4 cm³/mol. The van der Waals surface area contributed by atoms with Crippen LogP contribution in [-0.4, -0.2) is 72.2 Å². The van der Waals surface area contributed by atoms with E-state index < -0.39 is 0 Å². The minimum absolute atomic E-state index is 0.127. The summed E-state index contributed by atoms with van der Waals surface area (Å²) in [4.78, 5) is 18.5. The van der Waals surface area contributed by atoms with Crippen molar-refractivity contribution in [3.63, 3.8) is 0 Å². The van der Waals surface area contributed by atoms with E-state index in [-0.39, 0.29) is 12.1 Å². The third kappa shape index (κ3) is 2.73. The van der Waals surface area contributed by atoms with Crippen molar-refractivity contribution in [2.75, 3.05) is 39.3 Å². The Labute approximate surface area is 130 Å². The highest BCUT2D eigenvalue weighted by molar-refractivity contribution is 5.70. The molecule has 0 spiro atoms. The summed E-state index contributed by atoms with van der Waals surface area (Å²) >= 11 is 0. The Bertz CT molecular complexity index is 511. The Kier molecular flexibility index (Phi) is 3.80. The van der Waals surface area contributed by atoms with Gasteiger partial charge in [-0.1, -0.05) is 0 Å². The second-order valence-electron chi connectivity index (χ2n) is 6.51. The molecule has 1 aromatic heterocycles. The zero-order valence-corrected chi connectivity index (χ0v) is 12.8. The number of hydrogen-bond donors (Lipinski definition) is 0. The lowest BCUT2D eigenvalue weighted by Gasteiger charge is -2.43. The molecular formula is C16H23N3O3. The lowest BCUT2D eigenvalue weighted by atomic mass is 10.0. The van der Waals surface area contributed by atoms with Gasteiger partial charge in [-0.3, -0.25) is 14.7 Å². The van der Waals surface area contributed by atoms with Gasteiger partial charge in [-0.15, -0.1) is 0 Å². The number of likely N-dealkylation sites (tertiary alicyclic amines) is 1. The Morgan fingerprint density at radius 3 is 2.77 bits per heavy atom. The molecule has 4 rings (SSSR count). The van der Waals surface area contributed by atoms with Gasteiger partial charge in [0.1, 0.15) is 12.4 Å². The van der Waals surface area contributed by atoms with Crippen LogP contribution in [0.15, 0.2) is 22.8 Å². The van der Waals surface area contributed by atoms with Gasteiger partial charge in [0.15, 0.2) is 0 Å². The lowest BCUT2D eigenvalue weighted by Crippen LogP contribution is -2.56. The number of rotatable bonds is 3. The molecule has 0 N–H and O–H groups in total. The lowest BCUT2D eigenvalue weighted by molar-refractivity contribution is 0.0510. The Morgan fingerprint density at radius 1 is 1.14 bits per heavy atom. The van der Waals surface area contributed by atoms with Crippen LogP contribution in [0.2, 0.25) is 0 Å². The number of cyclic esters (lactones) is 1. The number of piperazine rings is 1. The number of fused-ring (bicyclic) bond motifs is 1. The molecule has 3 aliphatic heterocycles. The Morgan fingerprint density at radius 2 is 2.00 bits per heavy atom. The van der Waals surface area contributed by atoms with Crippen LogP contribution in [0.4, 0.5) is 4.79 Å². The fourth-order valence-corrected chi connectivity index (χ4v) is 3.91. The molecule has 120 valence electrons. The summed E-state index contributed by atoms with van der Waals surface area (Å²) in [6.45, 7) is 6.47. The fourth-order valence-electron chi connectivity index (χ4n) is 3.91. The molecule has 1 atom stereocenters. The van der Waals surface area contributed by atoms with Gasteiger partial charge in [0.05, 0.1) is 18.8 Å². The number of furan rings is 1. The van der Waals surface area contributed by atoms with Crippen LogP contribution in [0.1, 0.15) is 18.6 Å².